The molecule has 5 heteroatoms. The van der Waals surface area contributed by atoms with Crippen LogP contribution in [0.2, 0.25) is 0 Å². The van der Waals surface area contributed by atoms with E-state index in [9.17, 15) is 9.90 Å². The minimum absolute atomic E-state index is 0.0338. The summed E-state index contributed by atoms with van der Waals surface area (Å²) in [6.07, 6.45) is 6.75. The number of nitrogens with one attached hydrogen (secondary N) is 1. The molecule has 166 valence electrons. The first-order chi connectivity index (χ1) is 15.7. The van der Waals surface area contributed by atoms with Gasteiger partial charge in [-0.15, -0.1) is 0 Å². The predicted octanol–water partition coefficient (Wildman–Crippen LogP) is 4.03. The molecule has 1 fully saturated rings. The number of nitrogens with zero attached hydrogens (tertiary/aromatic N) is 1. The van der Waals surface area contributed by atoms with Gasteiger partial charge in [-0.2, -0.15) is 0 Å². The second-order valence-electron chi connectivity index (χ2n) is 8.45. The number of piperidine rings is 1. The minimum atomic E-state index is -1.86. The Hall–Kier alpha value is -3.02. The minimum Gasteiger partial charge on any atom is -0.462 e. The van der Waals surface area contributed by atoms with Gasteiger partial charge >= 0.3 is 5.97 Å². The second kappa shape index (κ2) is 10.5. The first-order valence-electron chi connectivity index (χ1n) is 11.3. The lowest BCUT2D eigenvalue weighted by Gasteiger charge is -2.30. The van der Waals surface area contributed by atoms with Gasteiger partial charge in [0, 0.05) is 18.3 Å². The van der Waals surface area contributed by atoms with Crippen molar-refractivity contribution in [1.29, 1.82) is 0 Å². The third kappa shape index (κ3) is 5.06. The molecule has 0 aliphatic carbocycles. The van der Waals surface area contributed by atoms with Crippen molar-refractivity contribution in [3.05, 3.63) is 102 Å². The SMILES string of the molecule is O=C(OCC(CC1CCNCC1)c1cccnc1)C(O)(c1ccccc1)c1ccccc1. The highest BCUT2D eigenvalue weighted by atomic mass is 16.5. The lowest BCUT2D eigenvalue weighted by molar-refractivity contribution is -0.163. The predicted molar refractivity (Wildman–Crippen MR) is 124 cm³/mol. The van der Waals surface area contributed by atoms with Crippen LogP contribution in [0.4, 0.5) is 0 Å². The van der Waals surface area contributed by atoms with Crippen LogP contribution in [0, 0.1) is 5.92 Å². The third-order valence-electron chi connectivity index (χ3n) is 6.33. The Morgan fingerprint density at radius 1 is 1.00 bits per heavy atom. The molecule has 3 aromatic rings. The van der Waals surface area contributed by atoms with Gasteiger partial charge in [-0.1, -0.05) is 66.7 Å². The van der Waals surface area contributed by atoms with E-state index in [0.717, 1.165) is 37.9 Å². The van der Waals surface area contributed by atoms with Gasteiger partial charge in [0.15, 0.2) is 0 Å². The van der Waals surface area contributed by atoms with E-state index < -0.39 is 11.6 Å². The highest BCUT2D eigenvalue weighted by molar-refractivity contribution is 5.85. The van der Waals surface area contributed by atoms with Gasteiger partial charge in [-0.25, -0.2) is 4.79 Å². The summed E-state index contributed by atoms with van der Waals surface area (Å²) in [6.45, 7) is 2.24. The molecule has 32 heavy (non-hydrogen) atoms. The van der Waals surface area contributed by atoms with E-state index in [-0.39, 0.29) is 12.5 Å². The van der Waals surface area contributed by atoms with Crippen LogP contribution in [0.1, 0.15) is 41.9 Å². The summed E-state index contributed by atoms with van der Waals surface area (Å²) in [5.74, 6) is -0.0528. The Morgan fingerprint density at radius 2 is 1.62 bits per heavy atom. The van der Waals surface area contributed by atoms with E-state index in [2.05, 4.69) is 10.3 Å². The van der Waals surface area contributed by atoms with E-state index >= 15 is 0 Å². The quantitative estimate of drug-likeness (QED) is 0.528. The maximum atomic E-state index is 13.4. The Balaban J connectivity index is 1.56. The summed E-state index contributed by atoms with van der Waals surface area (Å²) in [5.41, 5.74) is 0.179. The molecule has 0 amide bonds. The molecule has 0 bridgehead atoms. The summed E-state index contributed by atoms with van der Waals surface area (Å²) in [4.78, 5) is 17.7. The monoisotopic (exact) mass is 430 g/mol. The van der Waals surface area contributed by atoms with Crippen LogP contribution < -0.4 is 5.32 Å². The Kier molecular flexibility index (Phi) is 7.30. The molecule has 1 aliphatic rings. The molecular weight excluding hydrogens is 400 g/mol. The lowest BCUT2D eigenvalue weighted by atomic mass is 9.84. The average molecular weight is 431 g/mol. The molecule has 1 unspecified atom stereocenters. The van der Waals surface area contributed by atoms with Gasteiger partial charge in [-0.3, -0.25) is 4.98 Å². The molecule has 1 atom stereocenters. The standard InChI is InChI=1S/C27H30N2O3/c30-26(27(31,24-9-3-1-4-10-24)25-11-5-2-6-12-25)32-20-23(22-8-7-15-29-19-22)18-21-13-16-28-17-14-21/h1-12,15,19,21,23,28,31H,13-14,16-18,20H2. The van der Waals surface area contributed by atoms with Gasteiger partial charge in [0.2, 0.25) is 5.60 Å². The van der Waals surface area contributed by atoms with E-state index in [1.807, 2.05) is 54.7 Å². The van der Waals surface area contributed by atoms with Crippen molar-refractivity contribution in [3.8, 4) is 0 Å². The van der Waals surface area contributed by atoms with Crippen LogP contribution in [0.25, 0.3) is 0 Å². The Labute approximate surface area is 189 Å². The summed E-state index contributed by atoms with van der Waals surface area (Å²) in [5, 5.41) is 15.0. The number of hydrogen-bond donors (Lipinski definition) is 2. The molecule has 0 saturated carbocycles. The Bertz CT molecular complexity index is 934. The second-order valence-corrected chi connectivity index (χ2v) is 8.45. The molecule has 2 heterocycles. The fourth-order valence-electron chi connectivity index (χ4n) is 4.48. The molecule has 1 aromatic heterocycles. The zero-order valence-corrected chi connectivity index (χ0v) is 18.2. The number of pyridine rings is 1. The van der Waals surface area contributed by atoms with Crippen molar-refractivity contribution in [2.24, 2.45) is 5.92 Å². The largest absolute Gasteiger partial charge is 0.462 e. The van der Waals surface area contributed by atoms with Gasteiger partial charge in [0.05, 0.1) is 6.61 Å². The fraction of sp³-hybridized carbons (Fsp3) is 0.333. The molecule has 1 saturated heterocycles. The van der Waals surface area contributed by atoms with Crippen molar-refractivity contribution < 1.29 is 14.6 Å². The molecule has 0 radical (unpaired) electrons. The lowest BCUT2D eigenvalue weighted by Crippen LogP contribution is -2.39. The van der Waals surface area contributed by atoms with Gasteiger partial charge < -0.3 is 15.2 Å². The van der Waals surface area contributed by atoms with Crippen molar-refractivity contribution in [2.45, 2.75) is 30.8 Å². The van der Waals surface area contributed by atoms with Crippen LogP contribution in [-0.2, 0) is 15.1 Å². The van der Waals surface area contributed by atoms with Crippen molar-refractivity contribution in [1.82, 2.24) is 10.3 Å². The average Bonchev–Trinajstić information content (AvgIpc) is 2.88. The molecule has 2 N–H and O–H groups in total. The normalized spacial score (nSPS) is 15.8. The number of esters is 1. The number of ether oxygens (including phenoxy) is 1. The topological polar surface area (TPSA) is 71.5 Å². The third-order valence-corrected chi connectivity index (χ3v) is 6.33. The van der Waals surface area contributed by atoms with Crippen molar-refractivity contribution in [2.75, 3.05) is 19.7 Å². The summed E-state index contributed by atoms with van der Waals surface area (Å²) in [6, 6.07) is 21.9. The first kappa shape index (κ1) is 22.2. The number of aliphatic hydroxyl groups is 1. The molecular formula is C27H30N2O3. The van der Waals surface area contributed by atoms with Crippen molar-refractivity contribution >= 4 is 5.97 Å². The van der Waals surface area contributed by atoms with Crippen LogP contribution in [0.3, 0.4) is 0 Å². The maximum absolute atomic E-state index is 13.4. The van der Waals surface area contributed by atoms with Gasteiger partial charge in [0.25, 0.3) is 0 Å². The summed E-state index contributed by atoms with van der Waals surface area (Å²) < 4.78 is 5.84. The van der Waals surface area contributed by atoms with Gasteiger partial charge in [-0.05, 0) is 61.0 Å². The van der Waals surface area contributed by atoms with E-state index in [0.29, 0.717) is 17.0 Å². The highest BCUT2D eigenvalue weighted by Gasteiger charge is 2.42. The summed E-state index contributed by atoms with van der Waals surface area (Å²) >= 11 is 0. The van der Waals surface area contributed by atoms with E-state index in [1.165, 1.54) is 0 Å². The molecule has 4 rings (SSSR count). The number of carbonyl (C=O) groups is 1. The number of hydrogen-bond acceptors (Lipinski definition) is 5. The fourth-order valence-corrected chi connectivity index (χ4v) is 4.48. The van der Waals surface area contributed by atoms with Gasteiger partial charge in [0.1, 0.15) is 0 Å². The summed E-state index contributed by atoms with van der Waals surface area (Å²) in [7, 11) is 0. The first-order valence-corrected chi connectivity index (χ1v) is 11.3. The zero-order valence-electron chi connectivity index (χ0n) is 18.2. The van der Waals surface area contributed by atoms with Crippen LogP contribution >= 0.6 is 0 Å². The number of aromatic nitrogens is 1. The molecule has 2 aromatic carbocycles. The smallest absolute Gasteiger partial charge is 0.347 e. The maximum Gasteiger partial charge on any atom is 0.347 e. The molecule has 1 aliphatic heterocycles. The van der Waals surface area contributed by atoms with Crippen LogP contribution in [-0.4, -0.2) is 35.8 Å². The van der Waals surface area contributed by atoms with E-state index in [1.54, 1.807) is 30.5 Å². The zero-order chi connectivity index (χ0) is 22.2. The number of benzene rings is 2. The Morgan fingerprint density at radius 3 is 2.19 bits per heavy atom. The van der Waals surface area contributed by atoms with Crippen LogP contribution in [0.15, 0.2) is 85.2 Å². The molecule has 0 spiro atoms. The number of carbonyl (C=O) groups excluding carboxylic acids is 1. The highest BCUT2D eigenvalue weighted by Crippen LogP contribution is 2.33. The molecule has 5 nitrogen and oxygen atoms in total. The van der Waals surface area contributed by atoms with Crippen LogP contribution in [0.5, 0.6) is 0 Å². The number of rotatable bonds is 8. The van der Waals surface area contributed by atoms with E-state index in [4.69, 9.17) is 4.74 Å². The van der Waals surface area contributed by atoms with Crippen molar-refractivity contribution in [3.63, 3.8) is 0 Å².